The molecule has 1 spiro atoms. The normalized spacial score (nSPS) is 26.5. The number of aromatic nitrogens is 1. The second-order valence-electron chi connectivity index (χ2n) is 8.84. The minimum atomic E-state index is -0.529. The number of para-hydroxylation sites is 1. The van der Waals surface area contributed by atoms with Gasteiger partial charge in [-0.2, -0.15) is 0 Å². The van der Waals surface area contributed by atoms with Gasteiger partial charge in [0.25, 0.3) is 5.91 Å². The number of carbonyl (C=O) groups excluding carboxylic acids is 2. The van der Waals surface area contributed by atoms with Crippen LogP contribution < -0.4 is 20.7 Å². The van der Waals surface area contributed by atoms with Gasteiger partial charge in [-0.25, -0.2) is 4.98 Å². The molecule has 156 valence electrons. The first-order chi connectivity index (χ1) is 14.5. The van der Waals surface area contributed by atoms with Crippen molar-refractivity contribution >= 4 is 17.5 Å². The fraction of sp³-hybridized carbons (Fsp3) is 0.435. The van der Waals surface area contributed by atoms with Crippen LogP contribution in [0.4, 0.5) is 5.69 Å². The maximum Gasteiger partial charge on any atom is 0.254 e. The number of anilines is 1. The fourth-order valence-electron chi connectivity index (χ4n) is 5.26. The van der Waals surface area contributed by atoms with Crippen LogP contribution in [0.2, 0.25) is 0 Å². The molecule has 7 heteroatoms. The number of pyridine rings is 1. The van der Waals surface area contributed by atoms with Gasteiger partial charge in [0.1, 0.15) is 11.7 Å². The lowest BCUT2D eigenvalue weighted by molar-refractivity contribution is -0.126. The molecular formula is C23H26N4O3. The number of benzene rings is 1. The van der Waals surface area contributed by atoms with Crippen LogP contribution in [-0.4, -0.2) is 42.0 Å². The molecule has 7 nitrogen and oxygen atoms in total. The molecular weight excluding hydrogens is 380 g/mol. The summed E-state index contributed by atoms with van der Waals surface area (Å²) in [6.45, 7) is 1.32. The first-order valence-corrected chi connectivity index (χ1v) is 10.6. The molecule has 0 bridgehead atoms. The molecule has 2 fully saturated rings. The Hall–Kier alpha value is -3.09. The van der Waals surface area contributed by atoms with Crippen LogP contribution in [0, 0.1) is 5.41 Å². The summed E-state index contributed by atoms with van der Waals surface area (Å²) in [4.78, 5) is 30.3. The van der Waals surface area contributed by atoms with Crippen molar-refractivity contribution in [3.8, 4) is 5.88 Å². The van der Waals surface area contributed by atoms with E-state index in [4.69, 9.17) is 10.5 Å². The highest BCUT2D eigenvalue weighted by atomic mass is 16.5. The molecule has 3 aliphatic rings. The quantitative estimate of drug-likeness (QED) is 0.765. The van der Waals surface area contributed by atoms with Crippen molar-refractivity contribution < 1.29 is 14.3 Å². The number of nitrogens with one attached hydrogen (secondary N) is 1. The van der Waals surface area contributed by atoms with Crippen molar-refractivity contribution in [2.24, 2.45) is 11.1 Å². The van der Waals surface area contributed by atoms with Crippen molar-refractivity contribution in [2.75, 3.05) is 18.0 Å². The summed E-state index contributed by atoms with van der Waals surface area (Å²) in [7, 11) is 0. The van der Waals surface area contributed by atoms with Gasteiger partial charge in [-0.15, -0.1) is 0 Å². The van der Waals surface area contributed by atoms with E-state index in [0.717, 1.165) is 38.6 Å². The number of fused-ring (bicyclic) bond motifs is 1. The van der Waals surface area contributed by atoms with Gasteiger partial charge in [0.05, 0.1) is 6.54 Å². The first-order valence-electron chi connectivity index (χ1n) is 10.6. The zero-order chi connectivity index (χ0) is 20.7. The summed E-state index contributed by atoms with van der Waals surface area (Å²) >= 11 is 0. The second-order valence-corrected chi connectivity index (χ2v) is 8.84. The zero-order valence-corrected chi connectivity index (χ0v) is 16.8. The summed E-state index contributed by atoms with van der Waals surface area (Å²) < 4.78 is 5.91. The van der Waals surface area contributed by atoms with E-state index in [1.165, 1.54) is 11.3 Å². The average molecular weight is 406 g/mol. The van der Waals surface area contributed by atoms with Crippen LogP contribution in [0.1, 0.15) is 41.6 Å². The van der Waals surface area contributed by atoms with Crippen molar-refractivity contribution in [2.45, 2.75) is 44.2 Å². The van der Waals surface area contributed by atoms with Gasteiger partial charge in [-0.3, -0.25) is 9.59 Å². The van der Waals surface area contributed by atoms with Gasteiger partial charge in [-0.1, -0.05) is 18.2 Å². The van der Waals surface area contributed by atoms with Gasteiger partial charge in [0.15, 0.2) is 0 Å². The summed E-state index contributed by atoms with van der Waals surface area (Å²) in [5.41, 5.74) is 8.46. The fourth-order valence-corrected chi connectivity index (χ4v) is 5.26. The van der Waals surface area contributed by atoms with Crippen molar-refractivity contribution in [1.29, 1.82) is 0 Å². The molecule has 30 heavy (non-hydrogen) atoms. The van der Waals surface area contributed by atoms with Crippen LogP contribution >= 0.6 is 0 Å². The topological polar surface area (TPSA) is 97.5 Å². The van der Waals surface area contributed by atoms with E-state index >= 15 is 0 Å². The van der Waals surface area contributed by atoms with Crippen LogP contribution in [0.25, 0.3) is 0 Å². The Morgan fingerprint density at radius 2 is 1.97 bits per heavy atom. The Bertz CT molecular complexity index is 978. The van der Waals surface area contributed by atoms with Gasteiger partial charge >= 0.3 is 0 Å². The van der Waals surface area contributed by atoms with E-state index in [0.29, 0.717) is 18.0 Å². The SMILES string of the molecule is NC(=O)c1cccnc1OC1CC2(CC(NC(=O)CN3CCc4ccccc43)C2)C1. The monoisotopic (exact) mass is 406 g/mol. The number of nitrogens with two attached hydrogens (primary N) is 1. The Balaban J connectivity index is 1.07. The Kier molecular flexibility index (Phi) is 4.60. The minimum Gasteiger partial charge on any atom is -0.474 e. The maximum atomic E-state index is 12.5. The summed E-state index contributed by atoms with van der Waals surface area (Å²) in [6.07, 6.45) is 6.48. The van der Waals surface area contributed by atoms with Gasteiger partial charge in [-0.05, 0) is 61.3 Å². The molecule has 1 aromatic heterocycles. The van der Waals surface area contributed by atoms with E-state index in [-0.39, 0.29) is 23.5 Å². The predicted octanol–water partition coefficient (Wildman–Crippen LogP) is 2.05. The van der Waals surface area contributed by atoms with Crippen LogP contribution in [0.5, 0.6) is 5.88 Å². The van der Waals surface area contributed by atoms with Gasteiger partial charge in [0, 0.05) is 24.5 Å². The molecule has 1 aromatic carbocycles. The van der Waals surface area contributed by atoms with Crippen molar-refractivity contribution in [1.82, 2.24) is 10.3 Å². The van der Waals surface area contributed by atoms with E-state index in [1.54, 1.807) is 18.3 Å². The maximum absolute atomic E-state index is 12.5. The molecule has 5 rings (SSSR count). The predicted molar refractivity (Wildman–Crippen MR) is 112 cm³/mol. The molecule has 2 heterocycles. The largest absolute Gasteiger partial charge is 0.474 e. The number of nitrogens with zero attached hydrogens (tertiary/aromatic N) is 2. The number of amides is 2. The molecule has 2 aromatic rings. The highest BCUT2D eigenvalue weighted by molar-refractivity contribution is 5.94. The molecule has 2 aliphatic carbocycles. The average Bonchev–Trinajstić information content (AvgIpc) is 3.08. The Labute approximate surface area is 175 Å². The smallest absolute Gasteiger partial charge is 0.254 e. The molecule has 0 atom stereocenters. The van der Waals surface area contributed by atoms with E-state index in [2.05, 4.69) is 27.3 Å². The second kappa shape index (κ2) is 7.31. The van der Waals surface area contributed by atoms with Crippen LogP contribution in [-0.2, 0) is 11.2 Å². The number of rotatable bonds is 6. The summed E-state index contributed by atoms with van der Waals surface area (Å²) in [6, 6.07) is 11.9. The molecule has 1 aliphatic heterocycles. The van der Waals surface area contributed by atoms with Gasteiger partial charge in [0.2, 0.25) is 11.8 Å². The lowest BCUT2D eigenvalue weighted by atomic mass is 9.53. The van der Waals surface area contributed by atoms with E-state index in [1.807, 2.05) is 12.1 Å². The third kappa shape index (κ3) is 3.49. The number of hydrogen-bond acceptors (Lipinski definition) is 5. The van der Waals surface area contributed by atoms with Crippen molar-refractivity contribution in [3.05, 3.63) is 53.7 Å². The zero-order valence-electron chi connectivity index (χ0n) is 16.8. The summed E-state index contributed by atoms with van der Waals surface area (Å²) in [5, 5.41) is 3.19. The highest BCUT2D eigenvalue weighted by Gasteiger charge is 2.54. The van der Waals surface area contributed by atoms with Crippen LogP contribution in [0.3, 0.4) is 0 Å². The number of ether oxygens (including phenoxy) is 1. The van der Waals surface area contributed by atoms with Gasteiger partial charge < -0.3 is 20.7 Å². The highest BCUT2D eigenvalue weighted by Crippen LogP contribution is 2.56. The Morgan fingerprint density at radius 3 is 2.77 bits per heavy atom. The Morgan fingerprint density at radius 1 is 1.17 bits per heavy atom. The van der Waals surface area contributed by atoms with Crippen molar-refractivity contribution in [3.63, 3.8) is 0 Å². The standard InChI is InChI=1S/C23H26N4O3/c24-21(29)18-5-3-8-25-22(18)30-17-12-23(13-17)10-16(11-23)26-20(28)14-27-9-7-15-4-1-2-6-19(15)27/h1-6,8,16-17H,7,9-14H2,(H2,24,29)(H,26,28). The first kappa shape index (κ1) is 18.9. The third-order valence-electron chi connectivity index (χ3n) is 6.68. The third-order valence-corrected chi connectivity index (χ3v) is 6.68. The molecule has 0 saturated heterocycles. The van der Waals surface area contributed by atoms with Crippen LogP contribution in [0.15, 0.2) is 42.6 Å². The molecule has 0 unspecified atom stereocenters. The lowest BCUT2D eigenvalue weighted by Crippen LogP contribution is -2.59. The molecule has 0 radical (unpaired) electrons. The molecule has 2 saturated carbocycles. The summed E-state index contributed by atoms with van der Waals surface area (Å²) in [5.74, 6) is -0.114. The molecule has 3 N–H and O–H groups in total. The molecule has 2 amide bonds. The number of hydrogen-bond donors (Lipinski definition) is 2. The minimum absolute atomic E-state index is 0.0516. The van der Waals surface area contributed by atoms with E-state index < -0.39 is 5.91 Å². The van der Waals surface area contributed by atoms with E-state index in [9.17, 15) is 9.59 Å². The number of carbonyl (C=O) groups is 2. The lowest BCUT2D eigenvalue weighted by Gasteiger charge is -2.57. The number of primary amides is 1.